The summed E-state index contributed by atoms with van der Waals surface area (Å²) >= 11 is 0. The normalized spacial score (nSPS) is 11.0. The molecule has 0 aliphatic carbocycles. The van der Waals surface area contributed by atoms with Crippen LogP contribution in [-0.4, -0.2) is 24.3 Å². The highest BCUT2D eigenvalue weighted by Crippen LogP contribution is 2.18. The molecule has 0 atom stereocenters. The van der Waals surface area contributed by atoms with Crippen molar-refractivity contribution in [1.29, 1.82) is 0 Å². The molecule has 0 bridgehead atoms. The van der Waals surface area contributed by atoms with Crippen molar-refractivity contribution in [3.05, 3.63) is 48.3 Å². The highest BCUT2D eigenvalue weighted by Gasteiger charge is 2.12. The lowest BCUT2D eigenvalue weighted by molar-refractivity contribution is 0.102. The van der Waals surface area contributed by atoms with Gasteiger partial charge in [0.25, 0.3) is 5.91 Å². The van der Waals surface area contributed by atoms with Gasteiger partial charge in [-0.15, -0.1) is 0 Å². The third kappa shape index (κ3) is 4.45. The van der Waals surface area contributed by atoms with E-state index in [9.17, 15) is 21.5 Å². The van der Waals surface area contributed by atoms with E-state index in [-0.39, 0.29) is 11.3 Å². The van der Waals surface area contributed by atoms with Gasteiger partial charge in [-0.05, 0) is 6.07 Å². The highest BCUT2D eigenvalue weighted by molar-refractivity contribution is 7.81. The molecule has 0 aliphatic rings. The number of anilines is 1. The van der Waals surface area contributed by atoms with Crippen LogP contribution in [-0.2, 0) is 10.5 Å². The second kappa shape index (κ2) is 5.79. The fourth-order valence-corrected chi connectivity index (χ4v) is 1.71. The summed E-state index contributed by atoms with van der Waals surface area (Å²) < 4.78 is 49.9. The van der Waals surface area contributed by atoms with Crippen molar-refractivity contribution in [2.75, 3.05) is 5.32 Å². The lowest BCUT2D eigenvalue weighted by Crippen LogP contribution is -2.13. The lowest BCUT2D eigenvalue weighted by atomic mass is 10.2. The average Bonchev–Trinajstić information content (AvgIpc) is 2.37. The number of nitrogens with zero attached hydrogens (tertiary/aromatic N) is 2. The second-order valence-electron chi connectivity index (χ2n) is 3.73. The quantitative estimate of drug-likeness (QED) is 0.858. The zero-order valence-electron chi connectivity index (χ0n) is 10.2. The molecule has 0 aromatic carbocycles. The molecule has 0 saturated heterocycles. The zero-order chi connectivity index (χ0) is 15.5. The van der Waals surface area contributed by atoms with Gasteiger partial charge in [-0.25, -0.2) is 4.39 Å². The third-order valence-corrected chi connectivity index (χ3v) is 2.53. The number of rotatable bonds is 4. The highest BCUT2D eigenvalue weighted by atomic mass is 32.3. The van der Waals surface area contributed by atoms with Crippen LogP contribution in [0.5, 0.6) is 5.75 Å². The number of carbonyl (C=O) groups excluding carboxylic acids is 1. The van der Waals surface area contributed by atoms with Crippen molar-refractivity contribution in [3.8, 4) is 5.75 Å². The minimum atomic E-state index is -5.19. The van der Waals surface area contributed by atoms with Gasteiger partial charge in [0.1, 0.15) is 5.82 Å². The number of hydrogen-bond acceptors (Lipinski definition) is 6. The van der Waals surface area contributed by atoms with Crippen molar-refractivity contribution in [1.82, 2.24) is 9.97 Å². The molecule has 2 heterocycles. The van der Waals surface area contributed by atoms with Crippen LogP contribution in [0.15, 0.2) is 36.9 Å². The molecule has 7 nitrogen and oxygen atoms in total. The molecule has 0 saturated carbocycles. The van der Waals surface area contributed by atoms with Gasteiger partial charge in [-0.3, -0.25) is 14.8 Å². The summed E-state index contributed by atoms with van der Waals surface area (Å²) in [6.45, 7) is 0. The largest absolute Gasteiger partial charge is 0.488 e. The summed E-state index contributed by atoms with van der Waals surface area (Å²) in [6, 6.07) is 2.00. The van der Waals surface area contributed by atoms with Gasteiger partial charge in [0.15, 0.2) is 5.75 Å². The van der Waals surface area contributed by atoms with Crippen LogP contribution in [0.3, 0.4) is 0 Å². The molecule has 1 amide bonds. The summed E-state index contributed by atoms with van der Waals surface area (Å²) in [5, 5.41) is 2.31. The molecule has 0 fully saturated rings. The van der Waals surface area contributed by atoms with E-state index in [1.807, 2.05) is 0 Å². The number of amides is 1. The molecular formula is C11H7F2N3O4S. The van der Waals surface area contributed by atoms with Crippen molar-refractivity contribution in [3.63, 3.8) is 0 Å². The summed E-state index contributed by atoms with van der Waals surface area (Å²) in [5.74, 6) is -1.82. The molecule has 0 unspecified atom stereocenters. The van der Waals surface area contributed by atoms with Gasteiger partial charge in [-0.1, -0.05) is 3.89 Å². The fourth-order valence-electron chi connectivity index (χ4n) is 1.39. The van der Waals surface area contributed by atoms with E-state index in [0.717, 1.165) is 30.7 Å². The maximum Gasteiger partial charge on any atom is 0.488 e. The summed E-state index contributed by atoms with van der Waals surface area (Å²) in [5.41, 5.74) is -0.0233. The molecule has 0 radical (unpaired) electrons. The monoisotopic (exact) mass is 315 g/mol. The fraction of sp³-hybridized carbons (Fsp3) is 0. The third-order valence-electron chi connectivity index (χ3n) is 2.13. The van der Waals surface area contributed by atoms with Gasteiger partial charge in [0, 0.05) is 12.3 Å². The average molecular weight is 315 g/mol. The van der Waals surface area contributed by atoms with Crippen molar-refractivity contribution in [2.45, 2.75) is 0 Å². The van der Waals surface area contributed by atoms with Crippen LogP contribution < -0.4 is 9.50 Å². The van der Waals surface area contributed by atoms with Crippen LogP contribution in [0.2, 0.25) is 0 Å². The van der Waals surface area contributed by atoms with E-state index < -0.39 is 28.0 Å². The minimum Gasteiger partial charge on any atom is -0.357 e. The second-order valence-corrected chi connectivity index (χ2v) is 4.68. The molecule has 21 heavy (non-hydrogen) atoms. The van der Waals surface area contributed by atoms with Gasteiger partial charge in [-0.2, -0.15) is 8.42 Å². The van der Waals surface area contributed by atoms with Crippen LogP contribution in [0, 0.1) is 5.82 Å². The molecule has 2 aromatic rings. The summed E-state index contributed by atoms with van der Waals surface area (Å²) in [4.78, 5) is 18.9. The molecule has 110 valence electrons. The number of hydrogen-bond donors (Lipinski definition) is 1. The summed E-state index contributed by atoms with van der Waals surface area (Å²) in [6.07, 6.45) is 4.18. The SMILES string of the molecule is O=C(Nc1cncc(OS(=O)(=O)F)c1)c1cncc(F)c1. The topological polar surface area (TPSA) is 98.2 Å². The van der Waals surface area contributed by atoms with Crippen LogP contribution in [0.1, 0.15) is 10.4 Å². The van der Waals surface area contributed by atoms with Gasteiger partial charge in [0.05, 0.1) is 29.8 Å². The predicted octanol–water partition coefficient (Wildman–Crippen LogP) is 1.46. The first kappa shape index (κ1) is 14.8. The molecule has 1 N–H and O–H groups in total. The van der Waals surface area contributed by atoms with E-state index in [2.05, 4.69) is 19.5 Å². The molecule has 2 rings (SSSR count). The van der Waals surface area contributed by atoms with E-state index in [4.69, 9.17) is 0 Å². The first-order valence-electron chi connectivity index (χ1n) is 5.34. The Bertz CT molecular complexity index is 783. The van der Waals surface area contributed by atoms with Crippen molar-refractivity contribution < 1.29 is 25.7 Å². The molecule has 10 heteroatoms. The number of carbonyl (C=O) groups is 1. The van der Waals surface area contributed by atoms with Gasteiger partial charge >= 0.3 is 10.5 Å². The van der Waals surface area contributed by atoms with E-state index >= 15 is 0 Å². The van der Waals surface area contributed by atoms with E-state index in [1.54, 1.807) is 0 Å². The Balaban J connectivity index is 2.16. The Kier molecular flexibility index (Phi) is 4.08. The molecule has 0 aliphatic heterocycles. The van der Waals surface area contributed by atoms with E-state index in [1.165, 1.54) is 6.20 Å². The maximum atomic E-state index is 12.9. The first-order valence-corrected chi connectivity index (χ1v) is 6.65. The number of halogens is 2. The Morgan fingerprint density at radius 3 is 2.52 bits per heavy atom. The van der Waals surface area contributed by atoms with Gasteiger partial charge in [0.2, 0.25) is 0 Å². The van der Waals surface area contributed by atoms with Crippen LogP contribution >= 0.6 is 0 Å². The number of pyridine rings is 2. The standard InChI is InChI=1S/C11H7F2N3O4S/c12-8-1-7(3-14-4-8)11(17)16-9-2-10(6-15-5-9)20-21(13,18)19/h1-6H,(H,16,17). The van der Waals surface area contributed by atoms with Gasteiger partial charge < -0.3 is 9.50 Å². The van der Waals surface area contributed by atoms with Crippen molar-refractivity contribution >= 4 is 22.1 Å². The Morgan fingerprint density at radius 1 is 1.14 bits per heavy atom. The predicted molar refractivity (Wildman–Crippen MR) is 67.0 cm³/mol. The minimum absolute atomic E-state index is 0.0328. The van der Waals surface area contributed by atoms with Crippen LogP contribution in [0.4, 0.5) is 14.0 Å². The summed E-state index contributed by atoms with van der Waals surface area (Å²) in [7, 11) is -5.19. The first-order chi connectivity index (χ1) is 9.83. The Hall–Kier alpha value is -2.62. The van der Waals surface area contributed by atoms with E-state index in [0.29, 0.717) is 0 Å². The van der Waals surface area contributed by atoms with Crippen LogP contribution in [0.25, 0.3) is 0 Å². The maximum absolute atomic E-state index is 12.9. The Morgan fingerprint density at radius 2 is 1.86 bits per heavy atom. The Labute approximate surface area is 118 Å². The smallest absolute Gasteiger partial charge is 0.357 e. The number of nitrogens with one attached hydrogen (secondary N) is 1. The molecular weight excluding hydrogens is 308 g/mol. The zero-order valence-corrected chi connectivity index (χ0v) is 11.0. The lowest BCUT2D eigenvalue weighted by Gasteiger charge is -2.06. The molecule has 2 aromatic heterocycles. The molecule has 0 spiro atoms. The van der Waals surface area contributed by atoms with Crippen molar-refractivity contribution in [2.24, 2.45) is 0 Å². The number of aromatic nitrogens is 2.